The van der Waals surface area contributed by atoms with Crippen molar-refractivity contribution in [3.05, 3.63) is 71.8 Å². The summed E-state index contributed by atoms with van der Waals surface area (Å²) in [6.45, 7) is 5.97. The lowest BCUT2D eigenvalue weighted by atomic mass is 9.81. The van der Waals surface area contributed by atoms with Gasteiger partial charge in [-0.05, 0) is 24.0 Å². The minimum absolute atomic E-state index is 0.110. The standard InChI is InChI=1S/C24H30O3/c1-3-15-23(21-17-25-21,19-11-7-5-8-12-19)27-24(16-4-2,22-18-26-22)20-13-9-6-10-14-20/h5-14,21-22H,3-4,15-18H2,1-2H3. The predicted octanol–water partition coefficient (Wildman–Crippen LogP) is 5.19. The second kappa shape index (κ2) is 7.75. The average Bonchev–Trinajstić information content (AvgIpc) is 3.60. The third-order valence-corrected chi connectivity index (χ3v) is 5.84. The monoisotopic (exact) mass is 366 g/mol. The van der Waals surface area contributed by atoms with Crippen LogP contribution in [0.15, 0.2) is 60.7 Å². The van der Waals surface area contributed by atoms with Crippen LogP contribution in [0, 0.1) is 0 Å². The van der Waals surface area contributed by atoms with Crippen molar-refractivity contribution in [1.29, 1.82) is 0 Å². The first-order valence-electron chi connectivity index (χ1n) is 10.3. The van der Waals surface area contributed by atoms with Crippen LogP contribution in [0.1, 0.15) is 50.7 Å². The minimum atomic E-state index is -0.438. The molecule has 2 aliphatic heterocycles. The number of ether oxygens (including phenoxy) is 3. The molecule has 2 aromatic carbocycles. The van der Waals surface area contributed by atoms with Gasteiger partial charge in [-0.2, -0.15) is 0 Å². The predicted molar refractivity (Wildman–Crippen MR) is 107 cm³/mol. The molecule has 2 heterocycles. The van der Waals surface area contributed by atoms with Gasteiger partial charge in [-0.15, -0.1) is 0 Å². The molecule has 0 spiro atoms. The van der Waals surface area contributed by atoms with Crippen LogP contribution >= 0.6 is 0 Å². The van der Waals surface area contributed by atoms with Crippen molar-refractivity contribution in [2.75, 3.05) is 13.2 Å². The molecule has 144 valence electrons. The zero-order valence-electron chi connectivity index (χ0n) is 16.4. The highest BCUT2D eigenvalue weighted by molar-refractivity contribution is 5.30. The van der Waals surface area contributed by atoms with E-state index in [1.165, 1.54) is 11.1 Å². The van der Waals surface area contributed by atoms with Crippen molar-refractivity contribution in [2.45, 2.75) is 62.9 Å². The number of hydrogen-bond donors (Lipinski definition) is 0. The van der Waals surface area contributed by atoms with E-state index in [1.54, 1.807) is 0 Å². The van der Waals surface area contributed by atoms with E-state index in [1.807, 2.05) is 0 Å². The molecular weight excluding hydrogens is 336 g/mol. The molecule has 4 atom stereocenters. The zero-order valence-corrected chi connectivity index (χ0v) is 16.4. The summed E-state index contributed by atoms with van der Waals surface area (Å²) in [5, 5.41) is 0. The lowest BCUT2D eigenvalue weighted by Crippen LogP contribution is -2.47. The van der Waals surface area contributed by atoms with Gasteiger partial charge in [0.15, 0.2) is 0 Å². The molecular formula is C24H30O3. The van der Waals surface area contributed by atoms with Gasteiger partial charge in [0, 0.05) is 0 Å². The number of benzene rings is 2. The first-order chi connectivity index (χ1) is 13.2. The van der Waals surface area contributed by atoms with E-state index in [2.05, 4.69) is 74.5 Å². The Morgan fingerprint density at radius 2 is 1.11 bits per heavy atom. The van der Waals surface area contributed by atoms with Crippen LogP contribution in [0.5, 0.6) is 0 Å². The first kappa shape index (κ1) is 18.7. The molecule has 0 aromatic heterocycles. The Morgan fingerprint density at radius 1 is 0.741 bits per heavy atom. The molecule has 2 aromatic rings. The van der Waals surface area contributed by atoms with Crippen molar-refractivity contribution in [1.82, 2.24) is 0 Å². The number of hydrogen-bond acceptors (Lipinski definition) is 3. The molecule has 2 saturated heterocycles. The molecule has 4 rings (SSSR count). The van der Waals surface area contributed by atoms with E-state index in [-0.39, 0.29) is 12.2 Å². The van der Waals surface area contributed by atoms with Crippen LogP contribution in [0.3, 0.4) is 0 Å². The lowest BCUT2D eigenvalue weighted by molar-refractivity contribution is -0.196. The molecule has 0 radical (unpaired) electrons. The molecule has 2 fully saturated rings. The van der Waals surface area contributed by atoms with Crippen LogP contribution in [-0.2, 0) is 25.4 Å². The second-order valence-corrected chi connectivity index (χ2v) is 7.76. The molecule has 4 unspecified atom stereocenters. The number of rotatable bonds is 10. The molecule has 0 bridgehead atoms. The third kappa shape index (κ3) is 3.56. The largest absolute Gasteiger partial charge is 0.370 e. The third-order valence-electron chi connectivity index (χ3n) is 5.84. The van der Waals surface area contributed by atoms with Gasteiger partial charge < -0.3 is 14.2 Å². The van der Waals surface area contributed by atoms with Crippen LogP contribution in [0.25, 0.3) is 0 Å². The van der Waals surface area contributed by atoms with Gasteiger partial charge in [0.1, 0.15) is 23.4 Å². The van der Waals surface area contributed by atoms with Crippen molar-refractivity contribution >= 4 is 0 Å². The quantitative estimate of drug-likeness (QED) is 0.543. The van der Waals surface area contributed by atoms with Gasteiger partial charge in [0.05, 0.1) is 13.2 Å². The highest BCUT2D eigenvalue weighted by Crippen LogP contribution is 2.51. The molecule has 3 heteroatoms. The van der Waals surface area contributed by atoms with Gasteiger partial charge in [-0.1, -0.05) is 87.4 Å². The summed E-state index contributed by atoms with van der Waals surface area (Å²) < 4.78 is 19.0. The summed E-state index contributed by atoms with van der Waals surface area (Å²) in [5.41, 5.74) is 1.55. The smallest absolute Gasteiger partial charge is 0.123 e. The SMILES string of the molecule is CCCC(OC(CCC)(c1ccccc1)C1CO1)(c1ccccc1)C1CO1. The Hall–Kier alpha value is -1.68. The number of epoxide rings is 2. The Kier molecular flexibility index (Phi) is 5.36. The Morgan fingerprint density at radius 3 is 1.41 bits per heavy atom. The maximum Gasteiger partial charge on any atom is 0.123 e. The fourth-order valence-corrected chi connectivity index (χ4v) is 4.48. The lowest BCUT2D eigenvalue weighted by Gasteiger charge is -2.44. The highest BCUT2D eigenvalue weighted by Gasteiger charge is 2.58. The summed E-state index contributed by atoms with van der Waals surface area (Å²) in [6.07, 6.45) is 4.17. The van der Waals surface area contributed by atoms with Crippen LogP contribution in [-0.4, -0.2) is 25.4 Å². The van der Waals surface area contributed by atoms with Crippen LogP contribution < -0.4 is 0 Å². The molecule has 0 N–H and O–H groups in total. The second-order valence-electron chi connectivity index (χ2n) is 7.76. The van der Waals surface area contributed by atoms with E-state index in [0.717, 1.165) is 38.9 Å². The van der Waals surface area contributed by atoms with E-state index < -0.39 is 11.2 Å². The first-order valence-corrected chi connectivity index (χ1v) is 10.3. The zero-order chi connectivity index (χ0) is 18.7. The molecule has 3 nitrogen and oxygen atoms in total. The van der Waals surface area contributed by atoms with Crippen LogP contribution in [0.4, 0.5) is 0 Å². The van der Waals surface area contributed by atoms with Gasteiger partial charge in [-0.3, -0.25) is 0 Å². The van der Waals surface area contributed by atoms with E-state index in [9.17, 15) is 0 Å². The molecule has 0 aliphatic carbocycles. The van der Waals surface area contributed by atoms with Crippen molar-refractivity contribution in [2.24, 2.45) is 0 Å². The fraction of sp³-hybridized carbons (Fsp3) is 0.500. The highest BCUT2D eigenvalue weighted by atomic mass is 16.6. The average molecular weight is 367 g/mol. The summed E-state index contributed by atoms with van der Waals surface area (Å²) in [7, 11) is 0. The Balaban J connectivity index is 1.81. The summed E-state index contributed by atoms with van der Waals surface area (Å²) in [6, 6.07) is 21.3. The van der Waals surface area contributed by atoms with E-state index in [0.29, 0.717) is 0 Å². The molecule has 0 amide bonds. The van der Waals surface area contributed by atoms with Gasteiger partial charge in [0.25, 0.3) is 0 Å². The normalized spacial score (nSPS) is 25.4. The summed E-state index contributed by atoms with van der Waals surface area (Å²) in [4.78, 5) is 0. The van der Waals surface area contributed by atoms with Gasteiger partial charge in [0.2, 0.25) is 0 Å². The van der Waals surface area contributed by atoms with Gasteiger partial charge in [-0.25, -0.2) is 0 Å². The van der Waals surface area contributed by atoms with Crippen molar-refractivity contribution in [3.63, 3.8) is 0 Å². The minimum Gasteiger partial charge on any atom is -0.370 e. The van der Waals surface area contributed by atoms with Crippen molar-refractivity contribution in [3.8, 4) is 0 Å². The maximum atomic E-state index is 7.28. The Bertz CT molecular complexity index is 660. The van der Waals surface area contributed by atoms with E-state index >= 15 is 0 Å². The maximum absolute atomic E-state index is 7.28. The topological polar surface area (TPSA) is 34.3 Å². The summed E-state index contributed by atoms with van der Waals surface area (Å²) in [5.74, 6) is 0. The molecule has 27 heavy (non-hydrogen) atoms. The fourth-order valence-electron chi connectivity index (χ4n) is 4.48. The van der Waals surface area contributed by atoms with Crippen LogP contribution in [0.2, 0.25) is 0 Å². The van der Waals surface area contributed by atoms with Crippen molar-refractivity contribution < 1.29 is 14.2 Å². The van der Waals surface area contributed by atoms with E-state index in [4.69, 9.17) is 14.2 Å². The molecule has 0 saturated carbocycles. The Labute approximate surface area is 162 Å². The van der Waals surface area contributed by atoms with Gasteiger partial charge >= 0.3 is 0 Å². The molecule has 2 aliphatic rings. The summed E-state index contributed by atoms with van der Waals surface area (Å²) >= 11 is 0.